The first-order valence-corrected chi connectivity index (χ1v) is 4.99. The highest BCUT2D eigenvalue weighted by atomic mass is 16.5. The van der Waals surface area contributed by atoms with Gasteiger partial charge in [0.2, 0.25) is 0 Å². The van der Waals surface area contributed by atoms with E-state index in [9.17, 15) is 4.79 Å². The number of hydrogen-bond acceptors (Lipinski definition) is 4. The fourth-order valence-electron chi connectivity index (χ4n) is 1.01. The zero-order valence-corrected chi connectivity index (χ0v) is 9.51. The second kappa shape index (κ2) is 7.18. The van der Waals surface area contributed by atoms with Crippen LogP contribution in [0.3, 0.4) is 0 Å². The molecule has 92 valence electrons. The summed E-state index contributed by atoms with van der Waals surface area (Å²) in [5, 5.41) is 4.97. The van der Waals surface area contributed by atoms with E-state index in [1.54, 1.807) is 31.6 Å². The van der Waals surface area contributed by atoms with Crippen LogP contribution in [0.5, 0.6) is 0 Å². The number of aliphatic imine (C=N–C) groups is 1. The highest BCUT2D eigenvalue weighted by molar-refractivity contribution is 6.01. The highest BCUT2D eigenvalue weighted by Crippen LogP contribution is 2.01. The van der Waals surface area contributed by atoms with Gasteiger partial charge in [-0.2, -0.15) is 0 Å². The largest absolute Gasteiger partial charge is 0.383 e. The Morgan fingerprint density at radius 2 is 2.24 bits per heavy atom. The number of carbonyl (C=O) groups is 1. The molecule has 0 bridgehead atoms. The zero-order chi connectivity index (χ0) is 12.5. The highest BCUT2D eigenvalue weighted by Gasteiger charge is 2.02. The molecule has 0 saturated carbocycles. The molecule has 4 N–H and O–H groups in total. The number of nitrogens with two attached hydrogens (primary N) is 1. The molecule has 0 aliphatic heterocycles. The lowest BCUT2D eigenvalue weighted by molar-refractivity contribution is 0.208. The van der Waals surface area contributed by atoms with Gasteiger partial charge in [-0.3, -0.25) is 15.3 Å². The van der Waals surface area contributed by atoms with Crippen LogP contribution < -0.4 is 16.4 Å². The van der Waals surface area contributed by atoms with Gasteiger partial charge in [0, 0.05) is 25.2 Å². The molecule has 1 rings (SSSR count). The number of nitrogens with one attached hydrogen (secondary N) is 2. The number of amides is 2. The first-order valence-electron chi connectivity index (χ1n) is 4.99. The second-order valence-corrected chi connectivity index (χ2v) is 3.07. The van der Waals surface area contributed by atoms with Gasteiger partial charge in [-0.25, -0.2) is 4.79 Å². The Kier molecular flexibility index (Phi) is 5.45. The molecular formula is C10H15N5O2. The van der Waals surface area contributed by atoms with Gasteiger partial charge in [0.15, 0.2) is 5.96 Å². The molecule has 1 heterocycles. The summed E-state index contributed by atoms with van der Waals surface area (Å²) >= 11 is 0. The number of rotatable bonds is 4. The van der Waals surface area contributed by atoms with Gasteiger partial charge in [0.05, 0.1) is 13.2 Å². The number of carbonyl (C=O) groups excluding carboxylic acids is 1. The summed E-state index contributed by atoms with van der Waals surface area (Å²) in [5.41, 5.74) is 6.11. The molecular weight excluding hydrogens is 222 g/mol. The van der Waals surface area contributed by atoms with Crippen LogP contribution in [0.25, 0.3) is 0 Å². The molecule has 0 unspecified atom stereocenters. The first kappa shape index (κ1) is 12.9. The fraction of sp³-hybridized carbons (Fsp3) is 0.300. The number of urea groups is 1. The minimum Gasteiger partial charge on any atom is -0.383 e. The number of methoxy groups -OCH3 is 1. The Hall–Kier alpha value is -2.15. The average molecular weight is 237 g/mol. The van der Waals surface area contributed by atoms with E-state index in [4.69, 9.17) is 10.5 Å². The van der Waals surface area contributed by atoms with Crippen LogP contribution in [0.2, 0.25) is 0 Å². The minimum atomic E-state index is -0.449. The molecule has 17 heavy (non-hydrogen) atoms. The van der Waals surface area contributed by atoms with E-state index in [2.05, 4.69) is 20.6 Å². The van der Waals surface area contributed by atoms with Crippen LogP contribution in [-0.2, 0) is 4.74 Å². The lowest BCUT2D eigenvalue weighted by Crippen LogP contribution is -2.39. The Bertz CT molecular complexity index is 380. The summed E-state index contributed by atoms with van der Waals surface area (Å²) in [6, 6.07) is 2.88. The molecule has 0 aliphatic carbocycles. The fourth-order valence-corrected chi connectivity index (χ4v) is 1.01. The van der Waals surface area contributed by atoms with Gasteiger partial charge in [0.1, 0.15) is 0 Å². The van der Waals surface area contributed by atoms with Crippen LogP contribution in [0.1, 0.15) is 0 Å². The van der Waals surface area contributed by atoms with Gasteiger partial charge >= 0.3 is 6.03 Å². The van der Waals surface area contributed by atoms with Crippen molar-refractivity contribution in [2.45, 2.75) is 0 Å². The molecule has 0 spiro atoms. The van der Waals surface area contributed by atoms with Gasteiger partial charge < -0.3 is 15.8 Å². The molecule has 0 fully saturated rings. The maximum Gasteiger partial charge on any atom is 0.325 e. The molecule has 2 amide bonds. The summed E-state index contributed by atoms with van der Waals surface area (Å²) in [5.74, 6) is 0.0496. The van der Waals surface area contributed by atoms with E-state index in [1.165, 1.54) is 0 Å². The molecule has 7 heteroatoms. The van der Waals surface area contributed by atoms with Crippen molar-refractivity contribution in [2.24, 2.45) is 10.7 Å². The maximum absolute atomic E-state index is 11.4. The van der Waals surface area contributed by atoms with E-state index in [0.717, 1.165) is 0 Å². The van der Waals surface area contributed by atoms with Gasteiger partial charge in [0.25, 0.3) is 0 Å². The summed E-state index contributed by atoms with van der Waals surface area (Å²) in [4.78, 5) is 19.1. The first-order chi connectivity index (χ1) is 8.22. The summed E-state index contributed by atoms with van der Waals surface area (Å²) in [6.07, 6.45) is 3.15. The minimum absolute atomic E-state index is 0.0496. The molecule has 0 radical (unpaired) electrons. The number of guanidine groups is 1. The van der Waals surface area contributed by atoms with Crippen molar-refractivity contribution in [2.75, 3.05) is 25.6 Å². The Morgan fingerprint density at radius 3 is 2.88 bits per heavy atom. The molecule has 1 aromatic heterocycles. The van der Waals surface area contributed by atoms with Crippen LogP contribution in [0.15, 0.2) is 29.5 Å². The van der Waals surface area contributed by atoms with Gasteiger partial charge in [-0.05, 0) is 12.1 Å². The smallest absolute Gasteiger partial charge is 0.325 e. The number of aromatic nitrogens is 1. The molecule has 7 nitrogen and oxygen atoms in total. The van der Waals surface area contributed by atoms with Gasteiger partial charge in [-0.15, -0.1) is 0 Å². The molecule has 0 aliphatic rings. The Morgan fingerprint density at radius 1 is 1.53 bits per heavy atom. The Labute approximate surface area is 99.1 Å². The number of nitrogens with zero attached hydrogens (tertiary/aromatic N) is 2. The molecule has 0 aromatic carbocycles. The standard InChI is InChI=1S/C10H15N5O2/c1-17-7-6-13-9(11)15-10(16)14-8-2-4-12-5-3-8/h2-5H,6-7H2,1H3,(H4,11,12,13,14,15,16). The quantitative estimate of drug-likeness (QED) is 0.394. The van der Waals surface area contributed by atoms with Crippen molar-refractivity contribution in [1.29, 1.82) is 0 Å². The summed E-state index contributed by atoms with van der Waals surface area (Å²) in [6.45, 7) is 0.853. The molecule has 1 aromatic rings. The van der Waals surface area contributed by atoms with Gasteiger partial charge in [-0.1, -0.05) is 0 Å². The Balaban J connectivity index is 2.37. The lowest BCUT2D eigenvalue weighted by atomic mass is 10.4. The zero-order valence-electron chi connectivity index (χ0n) is 9.51. The average Bonchev–Trinajstić information content (AvgIpc) is 2.30. The second-order valence-electron chi connectivity index (χ2n) is 3.07. The third-order valence-electron chi connectivity index (χ3n) is 1.76. The number of anilines is 1. The summed E-state index contributed by atoms with van der Waals surface area (Å²) < 4.78 is 4.79. The predicted octanol–water partition coefficient (Wildman–Crippen LogP) is 0.164. The van der Waals surface area contributed by atoms with Crippen LogP contribution in [0, 0.1) is 0 Å². The maximum atomic E-state index is 11.4. The van der Waals surface area contributed by atoms with Crippen molar-refractivity contribution < 1.29 is 9.53 Å². The van der Waals surface area contributed by atoms with Crippen LogP contribution in [-0.4, -0.2) is 37.2 Å². The van der Waals surface area contributed by atoms with E-state index < -0.39 is 6.03 Å². The molecule has 0 saturated heterocycles. The van der Waals surface area contributed by atoms with Crippen molar-refractivity contribution in [3.63, 3.8) is 0 Å². The van der Waals surface area contributed by atoms with Crippen molar-refractivity contribution in [3.8, 4) is 0 Å². The van der Waals surface area contributed by atoms with E-state index >= 15 is 0 Å². The summed E-state index contributed by atoms with van der Waals surface area (Å²) in [7, 11) is 1.56. The monoisotopic (exact) mass is 237 g/mol. The normalized spacial score (nSPS) is 11.0. The third-order valence-corrected chi connectivity index (χ3v) is 1.76. The van der Waals surface area contributed by atoms with E-state index in [0.29, 0.717) is 18.8 Å². The van der Waals surface area contributed by atoms with Crippen LogP contribution in [0.4, 0.5) is 10.5 Å². The SMILES string of the molecule is COCCN=C(N)NC(=O)Nc1ccncc1. The number of ether oxygens (including phenoxy) is 1. The van der Waals surface area contributed by atoms with Crippen LogP contribution >= 0.6 is 0 Å². The number of hydrogen-bond donors (Lipinski definition) is 3. The van der Waals surface area contributed by atoms with Crippen molar-refractivity contribution in [3.05, 3.63) is 24.5 Å². The van der Waals surface area contributed by atoms with Crippen molar-refractivity contribution in [1.82, 2.24) is 10.3 Å². The topological polar surface area (TPSA) is 102 Å². The lowest BCUT2D eigenvalue weighted by Gasteiger charge is -2.06. The predicted molar refractivity (Wildman–Crippen MR) is 64.8 cm³/mol. The number of pyridine rings is 1. The third kappa shape index (κ3) is 5.47. The van der Waals surface area contributed by atoms with E-state index in [-0.39, 0.29) is 5.96 Å². The van der Waals surface area contributed by atoms with Crippen molar-refractivity contribution >= 4 is 17.7 Å². The van der Waals surface area contributed by atoms with E-state index in [1.807, 2.05) is 0 Å². The molecule has 0 atom stereocenters.